The number of carbonyl (C=O) groups excluding carboxylic acids is 1. The van der Waals surface area contributed by atoms with Gasteiger partial charge in [0.15, 0.2) is 0 Å². The van der Waals surface area contributed by atoms with Crippen LogP contribution in [0.3, 0.4) is 0 Å². The fraction of sp³-hybridized carbons (Fsp3) is 0.111. The summed E-state index contributed by atoms with van der Waals surface area (Å²) in [6.45, 7) is -0.0894. The lowest BCUT2D eigenvalue weighted by Crippen LogP contribution is -2.33. The second kappa shape index (κ2) is 4.50. The lowest BCUT2D eigenvalue weighted by Gasteiger charge is -2.14. The van der Waals surface area contributed by atoms with E-state index in [0.717, 1.165) is 0 Å². The summed E-state index contributed by atoms with van der Waals surface area (Å²) in [5, 5.41) is 2.77. The maximum Gasteiger partial charge on any atom is 0.332 e. The van der Waals surface area contributed by atoms with Crippen LogP contribution in [0.5, 0.6) is 0 Å². The maximum absolute atomic E-state index is 13.4. The van der Waals surface area contributed by atoms with Gasteiger partial charge in [-0.3, -0.25) is 4.79 Å². The van der Waals surface area contributed by atoms with Gasteiger partial charge in [0.1, 0.15) is 0 Å². The molecule has 80 valence electrons. The lowest BCUT2D eigenvalue weighted by atomic mass is 10.1. The SMILES string of the molecule is N/C(=N\OC=O)C(F)(F)c1ccccc1. The van der Waals surface area contributed by atoms with E-state index < -0.39 is 11.8 Å². The molecule has 0 aliphatic carbocycles. The van der Waals surface area contributed by atoms with Gasteiger partial charge >= 0.3 is 12.4 Å². The zero-order chi connectivity index (χ0) is 11.3. The first-order chi connectivity index (χ1) is 7.09. The van der Waals surface area contributed by atoms with E-state index in [9.17, 15) is 13.6 Å². The Morgan fingerprint density at radius 1 is 1.40 bits per heavy atom. The Morgan fingerprint density at radius 3 is 2.53 bits per heavy atom. The second-order valence-electron chi connectivity index (χ2n) is 2.62. The van der Waals surface area contributed by atoms with Gasteiger partial charge in [-0.2, -0.15) is 8.78 Å². The highest BCUT2D eigenvalue weighted by atomic mass is 19.3. The number of alkyl halides is 2. The van der Waals surface area contributed by atoms with Crippen LogP contribution in [0, 0.1) is 0 Å². The van der Waals surface area contributed by atoms with Gasteiger partial charge in [-0.15, -0.1) is 0 Å². The van der Waals surface area contributed by atoms with E-state index in [1.165, 1.54) is 24.3 Å². The van der Waals surface area contributed by atoms with Crippen LogP contribution >= 0.6 is 0 Å². The number of hydrogen-bond acceptors (Lipinski definition) is 3. The molecule has 1 aromatic carbocycles. The number of nitrogens with zero attached hydrogens (tertiary/aromatic N) is 1. The molecular formula is C9H8F2N2O2. The van der Waals surface area contributed by atoms with Gasteiger partial charge in [0, 0.05) is 5.56 Å². The molecule has 0 amide bonds. The van der Waals surface area contributed by atoms with Crippen LogP contribution in [-0.4, -0.2) is 12.3 Å². The Bertz CT molecular complexity index is 366. The highest BCUT2D eigenvalue weighted by molar-refractivity contribution is 5.88. The molecule has 0 radical (unpaired) electrons. The molecule has 0 heterocycles. The first-order valence-corrected chi connectivity index (χ1v) is 3.95. The van der Waals surface area contributed by atoms with Gasteiger partial charge in [-0.05, 0) is 0 Å². The van der Waals surface area contributed by atoms with Crippen molar-refractivity contribution in [3.63, 3.8) is 0 Å². The third kappa shape index (κ3) is 2.49. The molecule has 15 heavy (non-hydrogen) atoms. The molecule has 1 rings (SSSR count). The van der Waals surface area contributed by atoms with Crippen LogP contribution in [0.4, 0.5) is 8.78 Å². The smallest absolute Gasteiger partial charge is 0.332 e. The number of rotatable bonds is 4. The van der Waals surface area contributed by atoms with Crippen molar-refractivity contribution in [2.24, 2.45) is 10.9 Å². The molecule has 0 unspecified atom stereocenters. The van der Waals surface area contributed by atoms with Gasteiger partial charge in [0.25, 0.3) is 0 Å². The van der Waals surface area contributed by atoms with E-state index in [-0.39, 0.29) is 12.0 Å². The molecule has 0 aromatic heterocycles. The van der Waals surface area contributed by atoms with E-state index >= 15 is 0 Å². The Balaban J connectivity index is 2.97. The Kier molecular flexibility index (Phi) is 3.33. The second-order valence-corrected chi connectivity index (χ2v) is 2.62. The largest absolute Gasteiger partial charge is 0.379 e. The number of hydrogen-bond donors (Lipinski definition) is 1. The topological polar surface area (TPSA) is 64.7 Å². The minimum atomic E-state index is -3.45. The molecule has 2 N–H and O–H groups in total. The van der Waals surface area contributed by atoms with Gasteiger partial charge in [-0.1, -0.05) is 35.5 Å². The average Bonchev–Trinajstić information content (AvgIpc) is 2.27. The highest BCUT2D eigenvalue weighted by Gasteiger charge is 2.37. The van der Waals surface area contributed by atoms with Crippen LogP contribution in [0.2, 0.25) is 0 Å². The fourth-order valence-corrected chi connectivity index (χ4v) is 0.931. The monoisotopic (exact) mass is 214 g/mol. The van der Waals surface area contributed by atoms with Gasteiger partial charge in [-0.25, -0.2) is 0 Å². The Labute approximate surface area is 84.3 Å². The summed E-state index contributed by atoms with van der Waals surface area (Å²) in [5.41, 5.74) is 4.67. The van der Waals surface area contributed by atoms with Crippen LogP contribution in [0.15, 0.2) is 35.5 Å². The minimum absolute atomic E-state index is 0.0894. The molecule has 0 spiro atoms. The van der Waals surface area contributed by atoms with Crippen molar-refractivity contribution in [2.75, 3.05) is 0 Å². The highest BCUT2D eigenvalue weighted by Crippen LogP contribution is 2.27. The lowest BCUT2D eigenvalue weighted by molar-refractivity contribution is -0.128. The molecule has 0 atom stereocenters. The predicted octanol–water partition coefficient (Wildman–Crippen LogP) is 1.22. The van der Waals surface area contributed by atoms with E-state index in [1.54, 1.807) is 6.07 Å². The molecule has 0 saturated carbocycles. The van der Waals surface area contributed by atoms with Crippen LogP contribution < -0.4 is 5.73 Å². The summed E-state index contributed by atoms with van der Waals surface area (Å²) in [4.78, 5) is 13.5. The van der Waals surface area contributed by atoms with E-state index in [2.05, 4.69) is 9.99 Å². The van der Waals surface area contributed by atoms with E-state index in [4.69, 9.17) is 5.73 Å². The summed E-state index contributed by atoms with van der Waals surface area (Å²) < 4.78 is 26.8. The van der Waals surface area contributed by atoms with Crippen LogP contribution in [-0.2, 0) is 15.6 Å². The fourth-order valence-electron chi connectivity index (χ4n) is 0.931. The Morgan fingerprint density at radius 2 is 2.00 bits per heavy atom. The van der Waals surface area contributed by atoms with Crippen molar-refractivity contribution in [3.05, 3.63) is 35.9 Å². The molecule has 0 aliphatic heterocycles. The zero-order valence-corrected chi connectivity index (χ0v) is 7.56. The summed E-state index contributed by atoms with van der Waals surface area (Å²) in [6, 6.07) is 6.87. The minimum Gasteiger partial charge on any atom is -0.379 e. The van der Waals surface area contributed by atoms with Crippen molar-refractivity contribution in [1.82, 2.24) is 0 Å². The normalized spacial score (nSPS) is 12.3. The third-order valence-corrected chi connectivity index (χ3v) is 1.65. The number of nitrogens with two attached hydrogens (primary N) is 1. The Hall–Kier alpha value is -1.98. The molecule has 0 aliphatic rings. The number of carbonyl (C=O) groups is 1. The van der Waals surface area contributed by atoms with Crippen molar-refractivity contribution in [1.29, 1.82) is 0 Å². The first kappa shape index (κ1) is 11.1. The first-order valence-electron chi connectivity index (χ1n) is 3.95. The number of amidine groups is 1. The standard InChI is InChI=1S/C9H8F2N2O2/c10-9(11,8(12)13-15-6-14)7-4-2-1-3-5-7/h1-6H,(H2,12,13). The molecule has 0 fully saturated rings. The summed E-state index contributed by atoms with van der Waals surface area (Å²) in [7, 11) is 0. The van der Waals surface area contributed by atoms with Gasteiger partial charge in [0.2, 0.25) is 5.84 Å². The molecule has 6 heteroatoms. The number of halogens is 2. The summed E-state index contributed by atoms with van der Waals surface area (Å²) >= 11 is 0. The molecule has 1 aromatic rings. The summed E-state index contributed by atoms with van der Waals surface area (Å²) in [6.07, 6.45) is 0. The van der Waals surface area contributed by atoms with Crippen molar-refractivity contribution in [2.45, 2.75) is 5.92 Å². The van der Waals surface area contributed by atoms with E-state index in [0.29, 0.717) is 0 Å². The van der Waals surface area contributed by atoms with Crippen LogP contribution in [0.25, 0.3) is 0 Å². The summed E-state index contributed by atoms with van der Waals surface area (Å²) in [5.74, 6) is -4.52. The number of benzene rings is 1. The zero-order valence-electron chi connectivity index (χ0n) is 7.56. The van der Waals surface area contributed by atoms with Crippen molar-refractivity contribution in [3.8, 4) is 0 Å². The average molecular weight is 214 g/mol. The van der Waals surface area contributed by atoms with Gasteiger partial charge < -0.3 is 10.6 Å². The maximum atomic E-state index is 13.4. The quantitative estimate of drug-likeness (QED) is 0.269. The third-order valence-electron chi connectivity index (χ3n) is 1.65. The molecule has 4 nitrogen and oxygen atoms in total. The molecule has 0 saturated heterocycles. The van der Waals surface area contributed by atoms with Gasteiger partial charge in [0.05, 0.1) is 0 Å². The van der Waals surface area contributed by atoms with Crippen LogP contribution in [0.1, 0.15) is 5.56 Å². The van der Waals surface area contributed by atoms with Crippen molar-refractivity contribution < 1.29 is 18.4 Å². The number of oxime groups is 1. The van der Waals surface area contributed by atoms with Crippen molar-refractivity contribution >= 4 is 12.3 Å². The molecular weight excluding hydrogens is 206 g/mol. The van der Waals surface area contributed by atoms with E-state index in [1.807, 2.05) is 0 Å². The molecule has 0 bridgehead atoms. The predicted molar refractivity (Wildman–Crippen MR) is 49.1 cm³/mol.